The molecule has 3 saturated heterocycles. The Morgan fingerprint density at radius 3 is 2.56 bits per heavy atom. The van der Waals surface area contributed by atoms with Crippen LogP contribution in [0.15, 0.2) is 0 Å². The second-order valence-corrected chi connectivity index (χ2v) is 6.35. The predicted molar refractivity (Wildman–Crippen MR) is 75.9 cm³/mol. The van der Waals surface area contributed by atoms with Gasteiger partial charge >= 0.3 is 0 Å². The molecule has 0 aromatic rings. The molecule has 3 heterocycles. The summed E-state index contributed by atoms with van der Waals surface area (Å²) >= 11 is 0. The monoisotopic (exact) mass is 251 g/mol. The van der Waals surface area contributed by atoms with Crippen molar-refractivity contribution in [3.05, 3.63) is 0 Å². The van der Waals surface area contributed by atoms with E-state index in [1.54, 1.807) is 0 Å². The van der Waals surface area contributed by atoms with E-state index in [0.717, 1.165) is 12.1 Å². The van der Waals surface area contributed by atoms with Crippen LogP contribution >= 0.6 is 0 Å². The number of likely N-dealkylation sites (tertiary alicyclic amines) is 2. The molecular formula is C15H29N3. The molecule has 0 aromatic heterocycles. The lowest BCUT2D eigenvalue weighted by molar-refractivity contribution is 0.200. The fraction of sp³-hybridized carbons (Fsp3) is 1.00. The summed E-state index contributed by atoms with van der Waals surface area (Å²) in [6.45, 7) is 7.98. The third kappa shape index (κ3) is 3.06. The highest BCUT2D eigenvalue weighted by Gasteiger charge is 2.32. The van der Waals surface area contributed by atoms with Gasteiger partial charge in [0.05, 0.1) is 0 Å². The molecule has 0 amide bonds. The summed E-state index contributed by atoms with van der Waals surface area (Å²) in [5.41, 5.74) is 0. The second-order valence-electron chi connectivity index (χ2n) is 6.35. The molecule has 0 radical (unpaired) electrons. The second kappa shape index (κ2) is 6.36. The molecule has 0 aliphatic carbocycles. The van der Waals surface area contributed by atoms with Crippen molar-refractivity contribution in [2.75, 3.05) is 39.3 Å². The summed E-state index contributed by atoms with van der Waals surface area (Å²) in [5, 5.41) is 3.71. The largest absolute Gasteiger partial charge is 0.312 e. The van der Waals surface area contributed by atoms with Crippen molar-refractivity contribution in [3.8, 4) is 0 Å². The van der Waals surface area contributed by atoms with E-state index >= 15 is 0 Å². The van der Waals surface area contributed by atoms with Crippen molar-refractivity contribution >= 4 is 0 Å². The van der Waals surface area contributed by atoms with E-state index in [1.807, 2.05) is 0 Å². The smallest absolute Gasteiger partial charge is 0.0249 e. The predicted octanol–water partition coefficient (Wildman–Crippen LogP) is 1.69. The highest BCUT2D eigenvalue weighted by molar-refractivity contribution is 4.92. The number of nitrogens with zero attached hydrogens (tertiary/aromatic N) is 2. The van der Waals surface area contributed by atoms with E-state index in [1.165, 1.54) is 84.2 Å². The third-order valence-corrected chi connectivity index (χ3v) is 5.10. The van der Waals surface area contributed by atoms with Crippen LogP contribution in [0, 0.1) is 0 Å². The maximum absolute atomic E-state index is 3.71. The van der Waals surface area contributed by atoms with Gasteiger partial charge in [0, 0.05) is 12.1 Å². The van der Waals surface area contributed by atoms with Crippen molar-refractivity contribution in [2.24, 2.45) is 0 Å². The third-order valence-electron chi connectivity index (χ3n) is 5.10. The van der Waals surface area contributed by atoms with E-state index in [-0.39, 0.29) is 0 Å². The highest BCUT2D eigenvalue weighted by Crippen LogP contribution is 2.24. The Kier molecular flexibility index (Phi) is 4.55. The standard InChI is InChI=1S/C15H29N3/c1-2-10-17(9-1)11-5-13-18-12-4-7-15(18)14-6-3-8-16-14/h14-16H,1-13H2. The van der Waals surface area contributed by atoms with Gasteiger partial charge in [-0.05, 0) is 84.2 Å². The number of rotatable bonds is 5. The Morgan fingerprint density at radius 2 is 1.78 bits per heavy atom. The van der Waals surface area contributed by atoms with E-state index in [0.29, 0.717) is 0 Å². The molecule has 3 heteroatoms. The van der Waals surface area contributed by atoms with Gasteiger partial charge in [-0.15, -0.1) is 0 Å². The Hall–Kier alpha value is -0.120. The van der Waals surface area contributed by atoms with Crippen LogP contribution in [0.2, 0.25) is 0 Å². The Morgan fingerprint density at radius 1 is 0.889 bits per heavy atom. The zero-order chi connectivity index (χ0) is 12.2. The zero-order valence-corrected chi connectivity index (χ0v) is 11.7. The number of nitrogens with one attached hydrogen (secondary N) is 1. The minimum Gasteiger partial charge on any atom is -0.312 e. The maximum Gasteiger partial charge on any atom is 0.0249 e. The maximum atomic E-state index is 3.71. The molecular weight excluding hydrogens is 222 g/mol. The summed E-state index contributed by atoms with van der Waals surface area (Å²) < 4.78 is 0. The van der Waals surface area contributed by atoms with Gasteiger partial charge in [-0.3, -0.25) is 4.90 Å². The molecule has 1 N–H and O–H groups in total. The summed E-state index contributed by atoms with van der Waals surface area (Å²) in [7, 11) is 0. The first-order chi connectivity index (χ1) is 8.93. The minimum atomic E-state index is 0.805. The van der Waals surface area contributed by atoms with Crippen LogP contribution < -0.4 is 5.32 Å². The van der Waals surface area contributed by atoms with Crippen LogP contribution in [0.25, 0.3) is 0 Å². The van der Waals surface area contributed by atoms with Crippen molar-refractivity contribution < 1.29 is 0 Å². The molecule has 3 aliphatic rings. The molecule has 0 aromatic carbocycles. The van der Waals surface area contributed by atoms with Crippen molar-refractivity contribution in [3.63, 3.8) is 0 Å². The van der Waals surface area contributed by atoms with E-state index in [9.17, 15) is 0 Å². The molecule has 0 bridgehead atoms. The van der Waals surface area contributed by atoms with Crippen molar-refractivity contribution in [1.29, 1.82) is 0 Å². The van der Waals surface area contributed by atoms with Crippen LogP contribution in [-0.4, -0.2) is 61.2 Å². The summed E-state index contributed by atoms with van der Waals surface area (Å²) in [6.07, 6.45) is 9.89. The topological polar surface area (TPSA) is 18.5 Å². The SMILES string of the molecule is C1CNC(C2CCCN2CCCN2CCCC2)C1. The van der Waals surface area contributed by atoms with Gasteiger partial charge in [-0.2, -0.15) is 0 Å². The van der Waals surface area contributed by atoms with Gasteiger partial charge in [0.15, 0.2) is 0 Å². The van der Waals surface area contributed by atoms with Crippen molar-refractivity contribution in [2.45, 2.75) is 57.0 Å². The first-order valence-electron chi connectivity index (χ1n) is 8.13. The van der Waals surface area contributed by atoms with Crippen LogP contribution in [0.4, 0.5) is 0 Å². The van der Waals surface area contributed by atoms with Gasteiger partial charge in [0.2, 0.25) is 0 Å². The van der Waals surface area contributed by atoms with Crippen molar-refractivity contribution in [1.82, 2.24) is 15.1 Å². The van der Waals surface area contributed by atoms with Gasteiger partial charge in [-0.25, -0.2) is 0 Å². The molecule has 104 valence electrons. The number of hydrogen-bond donors (Lipinski definition) is 1. The first-order valence-corrected chi connectivity index (χ1v) is 8.13. The van der Waals surface area contributed by atoms with Crippen LogP contribution in [0.1, 0.15) is 44.9 Å². The molecule has 3 rings (SSSR count). The Balaban J connectivity index is 1.40. The molecule has 3 aliphatic heterocycles. The highest BCUT2D eigenvalue weighted by atomic mass is 15.2. The number of hydrogen-bond acceptors (Lipinski definition) is 3. The van der Waals surface area contributed by atoms with E-state index < -0.39 is 0 Å². The summed E-state index contributed by atoms with van der Waals surface area (Å²) in [6, 6.07) is 1.66. The van der Waals surface area contributed by atoms with Gasteiger partial charge < -0.3 is 10.2 Å². The zero-order valence-electron chi connectivity index (χ0n) is 11.7. The molecule has 0 saturated carbocycles. The lowest BCUT2D eigenvalue weighted by Crippen LogP contribution is -2.44. The van der Waals surface area contributed by atoms with Crippen LogP contribution in [-0.2, 0) is 0 Å². The molecule has 3 nitrogen and oxygen atoms in total. The lowest BCUT2D eigenvalue weighted by Gasteiger charge is -2.30. The van der Waals surface area contributed by atoms with Gasteiger partial charge in [0.25, 0.3) is 0 Å². The Labute approximate surface area is 112 Å². The Bertz CT molecular complexity index is 244. The van der Waals surface area contributed by atoms with E-state index in [2.05, 4.69) is 15.1 Å². The fourth-order valence-electron chi connectivity index (χ4n) is 4.13. The molecule has 0 spiro atoms. The summed E-state index contributed by atoms with van der Waals surface area (Å²) in [4.78, 5) is 5.43. The quantitative estimate of drug-likeness (QED) is 0.802. The average Bonchev–Trinajstić information content (AvgIpc) is 3.12. The molecule has 2 atom stereocenters. The first kappa shape index (κ1) is 12.9. The fourth-order valence-corrected chi connectivity index (χ4v) is 4.13. The van der Waals surface area contributed by atoms with Gasteiger partial charge in [-0.1, -0.05) is 0 Å². The normalized spacial score (nSPS) is 34.7. The lowest BCUT2D eigenvalue weighted by atomic mass is 10.0. The average molecular weight is 251 g/mol. The summed E-state index contributed by atoms with van der Waals surface area (Å²) in [5.74, 6) is 0. The van der Waals surface area contributed by atoms with E-state index in [4.69, 9.17) is 0 Å². The molecule has 2 unspecified atom stereocenters. The molecule has 18 heavy (non-hydrogen) atoms. The molecule has 3 fully saturated rings. The minimum absolute atomic E-state index is 0.805. The van der Waals surface area contributed by atoms with Crippen LogP contribution in [0.5, 0.6) is 0 Å². The van der Waals surface area contributed by atoms with Gasteiger partial charge in [0.1, 0.15) is 0 Å². The van der Waals surface area contributed by atoms with Crippen LogP contribution in [0.3, 0.4) is 0 Å².